The number of amides is 4. The molecule has 17 heteroatoms. The summed E-state index contributed by atoms with van der Waals surface area (Å²) in [5.74, 6) is -1.49. The molecule has 13 nitrogen and oxygen atoms in total. The summed E-state index contributed by atoms with van der Waals surface area (Å²) in [6.07, 6.45) is -2.60. The number of piperazine rings is 1. The van der Waals surface area contributed by atoms with Gasteiger partial charge >= 0.3 is 12.3 Å². The Morgan fingerprint density at radius 3 is 2.27 bits per heavy atom. The van der Waals surface area contributed by atoms with Gasteiger partial charge in [0.05, 0.1) is 34.2 Å². The van der Waals surface area contributed by atoms with Crippen LogP contribution in [-0.2, 0) is 18.0 Å². The smallest absolute Gasteiger partial charge is 0.433 e. The fraction of sp³-hybridized carbons (Fsp3) is 0.407. The Hall–Kier alpha value is -4.60. The van der Waals surface area contributed by atoms with E-state index in [1.807, 2.05) is 5.10 Å². The van der Waals surface area contributed by atoms with Crippen LogP contribution in [-0.4, -0.2) is 103 Å². The minimum atomic E-state index is -4.68. The Morgan fingerprint density at radius 2 is 1.66 bits per heavy atom. The number of halogens is 4. The van der Waals surface area contributed by atoms with Crippen molar-refractivity contribution < 1.29 is 37.5 Å². The molecule has 2 aromatic heterocycles. The van der Waals surface area contributed by atoms with Crippen molar-refractivity contribution in [3.05, 3.63) is 52.7 Å². The second kappa shape index (κ2) is 12.2. The Labute approximate surface area is 253 Å². The summed E-state index contributed by atoms with van der Waals surface area (Å²) in [5, 5.41) is 17.2. The average Bonchev–Trinajstić information content (AvgIpc) is 3.63. The maximum atomic E-state index is 13.3. The molecule has 0 radical (unpaired) electrons. The van der Waals surface area contributed by atoms with Crippen LogP contribution in [0, 0.1) is 5.92 Å². The minimum Gasteiger partial charge on any atom is -0.465 e. The van der Waals surface area contributed by atoms with Crippen LogP contribution in [0.3, 0.4) is 0 Å². The third kappa shape index (κ3) is 6.20. The van der Waals surface area contributed by atoms with Gasteiger partial charge in [0.25, 0.3) is 11.8 Å². The van der Waals surface area contributed by atoms with Gasteiger partial charge in [0.15, 0.2) is 5.82 Å². The van der Waals surface area contributed by atoms with Crippen LogP contribution in [0.15, 0.2) is 30.6 Å². The number of likely N-dealkylation sites (tertiary alicyclic amines) is 1. The Morgan fingerprint density at radius 1 is 1.00 bits per heavy atom. The van der Waals surface area contributed by atoms with Crippen molar-refractivity contribution in [2.75, 3.05) is 44.6 Å². The number of aromatic nitrogens is 4. The number of aromatic amines is 1. The largest absolute Gasteiger partial charge is 0.465 e. The number of carbonyl (C=O) groups excluding carboxylic acids is 3. The molecule has 44 heavy (non-hydrogen) atoms. The first-order valence-corrected chi connectivity index (χ1v) is 14.0. The standard InChI is InChI=1S/C27H28ClF3N8O5/c1-36-20(18-13-33-35-21(18)27(29,30)31)14-32-22(36)23(40)34-16-2-3-17(19(28)12-16)25(42)38-10-8-37(9-11-38)24(41)15-4-6-39(7-5-15)26(43)44/h2-3,12-15H,4-11H2,1H3,(H,33,35)(H,34,40)(H,43,44). The molecule has 3 N–H and O–H groups in total. The number of nitrogens with zero attached hydrogens (tertiary/aromatic N) is 6. The molecule has 234 valence electrons. The normalized spacial score (nSPS) is 16.2. The van der Waals surface area contributed by atoms with Gasteiger partial charge in [0.1, 0.15) is 5.69 Å². The van der Waals surface area contributed by atoms with Gasteiger partial charge in [-0.2, -0.15) is 18.3 Å². The third-order valence-corrected chi connectivity index (χ3v) is 8.15. The number of carboxylic acid groups (broad SMARTS) is 1. The molecule has 0 spiro atoms. The van der Waals surface area contributed by atoms with Crippen LogP contribution in [0.4, 0.5) is 23.7 Å². The van der Waals surface area contributed by atoms with Gasteiger partial charge in [-0.25, -0.2) is 9.78 Å². The molecule has 2 aliphatic heterocycles. The van der Waals surface area contributed by atoms with Gasteiger partial charge in [-0.15, -0.1) is 0 Å². The number of hydrogen-bond acceptors (Lipinski definition) is 6. The van der Waals surface area contributed by atoms with Crippen LogP contribution in [0.1, 0.15) is 39.5 Å². The number of piperidine rings is 1. The number of rotatable bonds is 5. The highest BCUT2D eigenvalue weighted by Gasteiger charge is 2.37. The topological polar surface area (TPSA) is 157 Å². The van der Waals surface area contributed by atoms with Gasteiger partial charge in [-0.3, -0.25) is 19.5 Å². The number of alkyl halides is 3. The number of anilines is 1. The van der Waals surface area contributed by atoms with Crippen LogP contribution in [0.2, 0.25) is 5.02 Å². The second-order valence-electron chi connectivity index (χ2n) is 10.5. The van der Waals surface area contributed by atoms with Crippen molar-refractivity contribution in [3.8, 4) is 11.3 Å². The number of nitrogens with one attached hydrogen (secondary N) is 2. The molecule has 0 bridgehead atoms. The van der Waals surface area contributed by atoms with Crippen molar-refractivity contribution in [1.82, 2.24) is 34.4 Å². The molecule has 0 unspecified atom stereocenters. The SMILES string of the molecule is Cn1c(-c2cn[nH]c2C(F)(F)F)cnc1C(=O)Nc1ccc(C(=O)N2CCN(C(=O)C3CCN(C(=O)O)CC3)CC2)c(Cl)c1. The summed E-state index contributed by atoms with van der Waals surface area (Å²) in [6, 6.07) is 4.32. The zero-order valence-electron chi connectivity index (χ0n) is 23.4. The highest BCUT2D eigenvalue weighted by Crippen LogP contribution is 2.35. The molecule has 2 fully saturated rings. The summed E-state index contributed by atoms with van der Waals surface area (Å²) in [5.41, 5.74) is -0.857. The average molecular weight is 637 g/mol. The first-order valence-electron chi connectivity index (χ1n) is 13.6. The first-order chi connectivity index (χ1) is 20.8. The van der Waals surface area contributed by atoms with E-state index in [9.17, 15) is 32.3 Å². The highest BCUT2D eigenvalue weighted by molar-refractivity contribution is 6.34. The molecule has 1 aromatic carbocycles. The van der Waals surface area contributed by atoms with Gasteiger partial charge in [-0.05, 0) is 31.0 Å². The van der Waals surface area contributed by atoms with Gasteiger partial charge in [-0.1, -0.05) is 11.6 Å². The van der Waals surface area contributed by atoms with Crippen LogP contribution in [0.25, 0.3) is 11.3 Å². The fourth-order valence-corrected chi connectivity index (χ4v) is 5.66. The zero-order chi connectivity index (χ0) is 31.8. The summed E-state index contributed by atoms with van der Waals surface area (Å²) < 4.78 is 41.1. The molecular formula is C27H28ClF3N8O5. The molecule has 0 saturated carbocycles. The van der Waals surface area contributed by atoms with Gasteiger partial charge in [0.2, 0.25) is 5.91 Å². The van der Waals surface area contributed by atoms with Crippen molar-refractivity contribution in [2.45, 2.75) is 19.0 Å². The van der Waals surface area contributed by atoms with Gasteiger partial charge in [0, 0.05) is 57.9 Å². The maximum Gasteiger partial charge on any atom is 0.433 e. The summed E-state index contributed by atoms with van der Waals surface area (Å²) in [7, 11) is 1.40. The number of hydrogen-bond donors (Lipinski definition) is 3. The summed E-state index contributed by atoms with van der Waals surface area (Å²) in [6.45, 7) is 1.89. The lowest BCUT2D eigenvalue weighted by Crippen LogP contribution is -2.53. The lowest BCUT2D eigenvalue weighted by molar-refractivity contribution is -0.140. The van der Waals surface area contributed by atoms with Crippen molar-refractivity contribution in [3.63, 3.8) is 0 Å². The second-order valence-corrected chi connectivity index (χ2v) is 10.9. The number of carbonyl (C=O) groups is 4. The predicted octanol–water partition coefficient (Wildman–Crippen LogP) is 3.41. The van der Waals surface area contributed by atoms with E-state index in [4.69, 9.17) is 16.7 Å². The highest BCUT2D eigenvalue weighted by atomic mass is 35.5. The molecule has 4 heterocycles. The minimum absolute atomic E-state index is 0.0283. The number of H-pyrrole nitrogens is 1. The van der Waals surface area contributed by atoms with E-state index in [0.717, 1.165) is 12.4 Å². The third-order valence-electron chi connectivity index (χ3n) is 7.84. The number of imidazole rings is 1. The monoisotopic (exact) mass is 636 g/mol. The Kier molecular flexibility index (Phi) is 8.54. The lowest BCUT2D eigenvalue weighted by atomic mass is 9.95. The van der Waals surface area contributed by atoms with E-state index < -0.39 is 23.9 Å². The molecular weight excluding hydrogens is 609 g/mol. The first kappa shape index (κ1) is 30.8. The molecule has 0 atom stereocenters. The van der Waals surface area contributed by atoms with E-state index in [1.54, 1.807) is 9.80 Å². The molecule has 0 aliphatic carbocycles. The van der Waals surface area contributed by atoms with Crippen molar-refractivity contribution >= 4 is 41.1 Å². The molecule has 2 aliphatic rings. The molecule has 4 amide bonds. The van der Waals surface area contributed by atoms with Crippen molar-refractivity contribution in [1.29, 1.82) is 0 Å². The van der Waals surface area contributed by atoms with Crippen LogP contribution in [0.5, 0.6) is 0 Å². The van der Waals surface area contributed by atoms with E-state index in [0.29, 0.717) is 52.1 Å². The van der Waals surface area contributed by atoms with E-state index in [2.05, 4.69) is 15.4 Å². The van der Waals surface area contributed by atoms with E-state index in [-0.39, 0.29) is 51.1 Å². The zero-order valence-corrected chi connectivity index (χ0v) is 24.2. The van der Waals surface area contributed by atoms with Gasteiger partial charge < -0.3 is 29.7 Å². The molecule has 2 saturated heterocycles. The molecule has 3 aromatic rings. The van der Waals surface area contributed by atoms with Crippen LogP contribution >= 0.6 is 11.6 Å². The van der Waals surface area contributed by atoms with E-state index >= 15 is 0 Å². The van der Waals surface area contributed by atoms with Crippen molar-refractivity contribution in [2.24, 2.45) is 13.0 Å². The van der Waals surface area contributed by atoms with Crippen LogP contribution < -0.4 is 5.32 Å². The quantitative estimate of drug-likeness (QED) is 0.387. The number of benzene rings is 1. The lowest BCUT2D eigenvalue weighted by Gasteiger charge is -2.38. The van der Waals surface area contributed by atoms with E-state index in [1.165, 1.54) is 34.7 Å². The summed E-state index contributed by atoms with van der Waals surface area (Å²) >= 11 is 6.40. The molecule has 5 rings (SSSR count). The predicted molar refractivity (Wildman–Crippen MR) is 150 cm³/mol. The Bertz CT molecular complexity index is 1590. The maximum absolute atomic E-state index is 13.3. The fourth-order valence-electron chi connectivity index (χ4n) is 5.40. The Balaban J connectivity index is 1.18. The summed E-state index contributed by atoms with van der Waals surface area (Å²) in [4.78, 5) is 58.7.